The molecule has 7 nitrogen and oxygen atoms in total. The molecule has 1 fully saturated rings. The van der Waals surface area contributed by atoms with Gasteiger partial charge in [-0.1, -0.05) is 17.7 Å². The van der Waals surface area contributed by atoms with Gasteiger partial charge in [0.1, 0.15) is 11.5 Å². The smallest absolute Gasteiger partial charge is 0.275 e. The summed E-state index contributed by atoms with van der Waals surface area (Å²) < 4.78 is 0. The van der Waals surface area contributed by atoms with E-state index in [2.05, 4.69) is 20.2 Å². The van der Waals surface area contributed by atoms with Gasteiger partial charge in [-0.2, -0.15) is 0 Å². The Morgan fingerprint density at radius 1 is 1.04 bits per heavy atom. The highest BCUT2D eigenvalue weighted by Crippen LogP contribution is 2.22. The van der Waals surface area contributed by atoms with Gasteiger partial charge < -0.3 is 15.1 Å². The number of carbonyl (C=O) groups is 2. The first-order chi connectivity index (χ1) is 12.5. The summed E-state index contributed by atoms with van der Waals surface area (Å²) in [6.45, 7) is 8.73. The van der Waals surface area contributed by atoms with Crippen molar-refractivity contribution in [1.82, 2.24) is 14.9 Å². The largest absolute Gasteiger partial charge is 0.352 e. The van der Waals surface area contributed by atoms with Crippen LogP contribution in [-0.2, 0) is 4.79 Å². The molecule has 0 radical (unpaired) electrons. The summed E-state index contributed by atoms with van der Waals surface area (Å²) in [6, 6.07) is 4.08. The van der Waals surface area contributed by atoms with Crippen molar-refractivity contribution in [3.05, 3.63) is 46.9 Å². The first-order valence-electron chi connectivity index (χ1n) is 8.63. The summed E-state index contributed by atoms with van der Waals surface area (Å²) in [6.07, 6.45) is 3.97. The molecule has 1 aliphatic rings. The van der Waals surface area contributed by atoms with Crippen LogP contribution in [0.1, 0.15) is 27.2 Å². The number of aryl methyl sites for hydroxylation is 3. The SMILES string of the molecule is Cc1cc(C)c(NC(=O)c2cnc(N3CCN(C=O)CC3)cn2)c(C)c1. The maximum Gasteiger partial charge on any atom is 0.275 e. The van der Waals surface area contributed by atoms with Crippen LogP contribution < -0.4 is 10.2 Å². The maximum absolute atomic E-state index is 12.5. The molecule has 2 aromatic rings. The predicted octanol–water partition coefficient (Wildman–Crippen LogP) is 1.93. The molecule has 1 aromatic heterocycles. The number of carbonyl (C=O) groups excluding carboxylic acids is 2. The quantitative estimate of drug-likeness (QED) is 0.850. The minimum absolute atomic E-state index is 0.273. The maximum atomic E-state index is 12.5. The van der Waals surface area contributed by atoms with Gasteiger partial charge in [0.15, 0.2) is 0 Å². The van der Waals surface area contributed by atoms with Gasteiger partial charge in [-0.25, -0.2) is 9.97 Å². The van der Waals surface area contributed by atoms with E-state index in [9.17, 15) is 9.59 Å². The fraction of sp³-hybridized carbons (Fsp3) is 0.368. The van der Waals surface area contributed by atoms with Crippen molar-refractivity contribution in [2.24, 2.45) is 0 Å². The lowest BCUT2D eigenvalue weighted by atomic mass is 10.1. The molecule has 0 spiro atoms. The number of hydrogen-bond acceptors (Lipinski definition) is 5. The zero-order valence-corrected chi connectivity index (χ0v) is 15.3. The molecule has 0 saturated carbocycles. The van der Waals surface area contributed by atoms with Crippen molar-refractivity contribution in [2.75, 3.05) is 36.4 Å². The fourth-order valence-corrected chi connectivity index (χ4v) is 3.21. The minimum Gasteiger partial charge on any atom is -0.352 e. The molecule has 0 unspecified atom stereocenters. The number of amides is 2. The Morgan fingerprint density at radius 3 is 2.23 bits per heavy atom. The summed E-state index contributed by atoms with van der Waals surface area (Å²) >= 11 is 0. The van der Waals surface area contributed by atoms with Crippen LogP contribution in [0.3, 0.4) is 0 Å². The first-order valence-corrected chi connectivity index (χ1v) is 8.63. The van der Waals surface area contributed by atoms with E-state index in [4.69, 9.17) is 0 Å². The van der Waals surface area contributed by atoms with Crippen LogP contribution in [0.5, 0.6) is 0 Å². The highest BCUT2D eigenvalue weighted by atomic mass is 16.2. The van der Waals surface area contributed by atoms with Crippen LogP contribution in [0, 0.1) is 20.8 Å². The van der Waals surface area contributed by atoms with Crippen LogP contribution >= 0.6 is 0 Å². The van der Waals surface area contributed by atoms with Gasteiger partial charge >= 0.3 is 0 Å². The Morgan fingerprint density at radius 2 is 1.69 bits per heavy atom. The normalized spacial score (nSPS) is 14.3. The van der Waals surface area contributed by atoms with E-state index in [0.717, 1.165) is 34.6 Å². The molecule has 1 N–H and O–H groups in total. The average Bonchev–Trinajstić information content (AvgIpc) is 2.64. The Bertz CT molecular complexity index is 788. The van der Waals surface area contributed by atoms with Crippen LogP contribution in [-0.4, -0.2) is 53.4 Å². The second-order valence-corrected chi connectivity index (χ2v) is 6.62. The van der Waals surface area contributed by atoms with Crippen molar-refractivity contribution in [2.45, 2.75) is 20.8 Å². The standard InChI is InChI=1S/C19H23N5O2/c1-13-8-14(2)18(15(3)9-13)22-19(26)16-10-21-17(11-20-16)24-6-4-23(12-25)5-7-24/h8-12H,4-7H2,1-3H3,(H,22,26). The Hall–Kier alpha value is -2.96. The van der Waals surface area contributed by atoms with Crippen LogP contribution in [0.2, 0.25) is 0 Å². The fourth-order valence-electron chi connectivity index (χ4n) is 3.21. The molecule has 26 heavy (non-hydrogen) atoms. The van der Waals surface area contributed by atoms with Crippen molar-refractivity contribution in [3.8, 4) is 0 Å². The second-order valence-electron chi connectivity index (χ2n) is 6.62. The lowest BCUT2D eigenvalue weighted by Gasteiger charge is -2.33. The predicted molar refractivity (Wildman–Crippen MR) is 100 cm³/mol. The number of aromatic nitrogens is 2. The van der Waals surface area contributed by atoms with E-state index in [-0.39, 0.29) is 11.6 Å². The van der Waals surface area contributed by atoms with E-state index in [0.29, 0.717) is 26.2 Å². The Balaban J connectivity index is 1.69. The van der Waals surface area contributed by atoms with E-state index in [1.807, 2.05) is 32.9 Å². The lowest BCUT2D eigenvalue weighted by Crippen LogP contribution is -2.46. The van der Waals surface area contributed by atoms with Gasteiger partial charge in [-0.15, -0.1) is 0 Å². The molecular weight excluding hydrogens is 330 g/mol. The number of anilines is 2. The van der Waals surface area contributed by atoms with Crippen LogP contribution in [0.4, 0.5) is 11.5 Å². The first kappa shape index (κ1) is 17.8. The summed E-state index contributed by atoms with van der Waals surface area (Å²) in [5.41, 5.74) is 4.30. The van der Waals surface area contributed by atoms with Gasteiger partial charge in [0.2, 0.25) is 6.41 Å². The molecule has 2 amide bonds. The van der Waals surface area contributed by atoms with E-state index >= 15 is 0 Å². The number of nitrogens with one attached hydrogen (secondary N) is 1. The molecule has 0 atom stereocenters. The Kier molecular flexibility index (Phi) is 5.16. The molecule has 2 heterocycles. The molecule has 3 rings (SSSR count). The molecule has 1 aliphatic heterocycles. The molecule has 136 valence electrons. The average molecular weight is 353 g/mol. The van der Waals surface area contributed by atoms with Crippen LogP contribution in [0.25, 0.3) is 0 Å². The summed E-state index contributed by atoms with van der Waals surface area (Å²) in [7, 11) is 0. The monoisotopic (exact) mass is 353 g/mol. The Labute approximate surface area is 153 Å². The van der Waals surface area contributed by atoms with Gasteiger partial charge in [0.25, 0.3) is 5.91 Å². The molecule has 7 heteroatoms. The third-order valence-electron chi connectivity index (χ3n) is 4.57. The number of piperazine rings is 1. The topological polar surface area (TPSA) is 78.4 Å². The summed E-state index contributed by atoms with van der Waals surface area (Å²) in [4.78, 5) is 35.7. The van der Waals surface area contributed by atoms with Crippen molar-refractivity contribution < 1.29 is 9.59 Å². The van der Waals surface area contributed by atoms with Gasteiger partial charge in [0.05, 0.1) is 12.4 Å². The van der Waals surface area contributed by atoms with Gasteiger partial charge in [0, 0.05) is 31.9 Å². The molecule has 0 bridgehead atoms. The zero-order valence-electron chi connectivity index (χ0n) is 15.3. The number of benzene rings is 1. The third kappa shape index (κ3) is 3.82. The molecule has 0 aliphatic carbocycles. The second kappa shape index (κ2) is 7.51. The molecule has 1 saturated heterocycles. The molecule has 1 aromatic carbocycles. The summed E-state index contributed by atoms with van der Waals surface area (Å²) in [5, 5.41) is 2.93. The van der Waals surface area contributed by atoms with Gasteiger partial charge in [-0.05, 0) is 31.9 Å². The highest BCUT2D eigenvalue weighted by molar-refractivity contribution is 6.03. The number of hydrogen-bond donors (Lipinski definition) is 1. The van der Waals surface area contributed by atoms with Crippen molar-refractivity contribution >= 4 is 23.8 Å². The molecular formula is C19H23N5O2. The van der Waals surface area contributed by atoms with Crippen molar-refractivity contribution in [1.29, 1.82) is 0 Å². The number of nitrogens with zero attached hydrogens (tertiary/aromatic N) is 4. The minimum atomic E-state index is -0.273. The van der Waals surface area contributed by atoms with Crippen LogP contribution in [0.15, 0.2) is 24.5 Å². The number of rotatable bonds is 4. The highest BCUT2D eigenvalue weighted by Gasteiger charge is 2.18. The van der Waals surface area contributed by atoms with E-state index in [1.165, 1.54) is 6.20 Å². The zero-order chi connectivity index (χ0) is 18.7. The van der Waals surface area contributed by atoms with Crippen molar-refractivity contribution in [3.63, 3.8) is 0 Å². The third-order valence-corrected chi connectivity index (χ3v) is 4.57. The summed E-state index contributed by atoms with van der Waals surface area (Å²) in [5.74, 6) is 0.444. The lowest BCUT2D eigenvalue weighted by molar-refractivity contribution is -0.118. The van der Waals surface area contributed by atoms with E-state index < -0.39 is 0 Å². The van der Waals surface area contributed by atoms with E-state index in [1.54, 1.807) is 11.1 Å². The van der Waals surface area contributed by atoms with Gasteiger partial charge in [-0.3, -0.25) is 9.59 Å².